The molecule has 0 aromatic carbocycles. The first kappa shape index (κ1) is 14.0. The minimum Gasteiger partial charge on any atom is -0.382 e. The summed E-state index contributed by atoms with van der Waals surface area (Å²) in [4.78, 5) is 6.37. The van der Waals surface area contributed by atoms with Gasteiger partial charge in [0.25, 0.3) is 0 Å². The van der Waals surface area contributed by atoms with Gasteiger partial charge in [-0.25, -0.2) is 4.98 Å². The van der Waals surface area contributed by atoms with Crippen LogP contribution in [-0.2, 0) is 23.1 Å². The fourth-order valence-corrected chi connectivity index (χ4v) is 3.72. The third-order valence-corrected chi connectivity index (χ3v) is 4.94. The van der Waals surface area contributed by atoms with Crippen LogP contribution in [0.4, 0.5) is 0 Å². The van der Waals surface area contributed by atoms with Crippen LogP contribution in [0.2, 0.25) is 0 Å². The summed E-state index contributed by atoms with van der Waals surface area (Å²) in [7, 11) is 1.76. The molecule has 1 atom stereocenters. The van der Waals surface area contributed by atoms with Crippen LogP contribution < -0.4 is 5.32 Å². The van der Waals surface area contributed by atoms with Gasteiger partial charge in [0.15, 0.2) is 0 Å². The van der Waals surface area contributed by atoms with Crippen LogP contribution in [0.5, 0.6) is 0 Å². The Balaban J connectivity index is 2.21. The molecule has 0 aliphatic heterocycles. The van der Waals surface area contributed by atoms with Gasteiger partial charge in [-0.05, 0) is 45.6 Å². The number of methoxy groups -OCH3 is 1. The van der Waals surface area contributed by atoms with Crippen LogP contribution in [-0.4, -0.2) is 25.2 Å². The van der Waals surface area contributed by atoms with Gasteiger partial charge in [-0.2, -0.15) is 0 Å². The van der Waals surface area contributed by atoms with Crippen molar-refractivity contribution in [3.8, 4) is 0 Å². The fraction of sp³-hybridized carbons (Fsp3) is 0.786. The number of rotatable bonds is 6. The Kier molecular flexibility index (Phi) is 4.76. The van der Waals surface area contributed by atoms with Crippen LogP contribution in [0.15, 0.2) is 0 Å². The average molecular weight is 268 g/mol. The highest BCUT2D eigenvalue weighted by Crippen LogP contribution is 2.32. The van der Waals surface area contributed by atoms with E-state index >= 15 is 0 Å². The molecule has 1 aromatic heterocycles. The Bertz CT molecular complexity index is 368. The molecule has 3 nitrogen and oxygen atoms in total. The van der Waals surface area contributed by atoms with Gasteiger partial charge in [-0.3, -0.25) is 0 Å². The number of hydrogen-bond acceptors (Lipinski definition) is 4. The summed E-state index contributed by atoms with van der Waals surface area (Å²) in [5.74, 6) is 0. The first-order valence-corrected chi connectivity index (χ1v) is 7.74. The van der Waals surface area contributed by atoms with Crippen molar-refractivity contribution in [2.75, 3.05) is 20.3 Å². The van der Waals surface area contributed by atoms with Crippen LogP contribution in [0.25, 0.3) is 0 Å². The smallest absolute Gasteiger partial charge is 0.115 e. The molecule has 1 aromatic rings. The van der Waals surface area contributed by atoms with Crippen molar-refractivity contribution in [1.29, 1.82) is 0 Å². The Morgan fingerprint density at radius 3 is 2.83 bits per heavy atom. The predicted molar refractivity (Wildman–Crippen MR) is 76.3 cm³/mol. The second kappa shape index (κ2) is 6.13. The monoisotopic (exact) mass is 268 g/mol. The van der Waals surface area contributed by atoms with Gasteiger partial charge in [0.2, 0.25) is 0 Å². The van der Waals surface area contributed by atoms with Crippen LogP contribution in [0.1, 0.15) is 48.7 Å². The van der Waals surface area contributed by atoms with Crippen molar-refractivity contribution in [3.63, 3.8) is 0 Å². The number of aryl methyl sites for hydroxylation is 2. The van der Waals surface area contributed by atoms with Crippen LogP contribution in [0, 0.1) is 0 Å². The van der Waals surface area contributed by atoms with E-state index in [2.05, 4.69) is 19.2 Å². The normalized spacial score (nSPS) is 18.4. The lowest BCUT2D eigenvalue weighted by Gasteiger charge is -2.28. The molecule has 0 bridgehead atoms. The summed E-state index contributed by atoms with van der Waals surface area (Å²) in [6.45, 7) is 6.08. The highest BCUT2D eigenvalue weighted by atomic mass is 32.1. The number of thiazole rings is 1. The lowest BCUT2D eigenvalue weighted by atomic mass is 10.0. The highest BCUT2D eigenvalue weighted by molar-refractivity contribution is 7.11. The summed E-state index contributed by atoms with van der Waals surface area (Å²) in [6, 6.07) is 0. The van der Waals surface area contributed by atoms with E-state index < -0.39 is 0 Å². The number of nitrogens with zero attached hydrogens (tertiary/aromatic N) is 1. The molecule has 1 aliphatic carbocycles. The number of fused-ring (bicyclic) bond motifs is 1. The second-order valence-corrected chi connectivity index (χ2v) is 6.37. The molecule has 4 heteroatoms. The average Bonchev–Trinajstić information content (AvgIpc) is 2.81. The van der Waals surface area contributed by atoms with Gasteiger partial charge in [0.1, 0.15) is 5.01 Å². The predicted octanol–water partition coefficient (Wildman–Crippen LogP) is 2.88. The lowest BCUT2D eigenvalue weighted by molar-refractivity contribution is 0.118. The molecule has 1 unspecified atom stereocenters. The van der Waals surface area contributed by atoms with E-state index in [-0.39, 0.29) is 5.54 Å². The van der Waals surface area contributed by atoms with Crippen molar-refractivity contribution >= 4 is 11.3 Å². The Morgan fingerprint density at radius 1 is 1.39 bits per heavy atom. The summed E-state index contributed by atoms with van der Waals surface area (Å²) < 4.78 is 5.39. The minimum absolute atomic E-state index is 0.132. The molecule has 0 fully saturated rings. The van der Waals surface area contributed by atoms with E-state index in [1.165, 1.54) is 34.8 Å². The van der Waals surface area contributed by atoms with Crippen LogP contribution >= 0.6 is 11.3 Å². The van der Waals surface area contributed by atoms with E-state index in [9.17, 15) is 0 Å². The Labute approximate surface area is 114 Å². The maximum Gasteiger partial charge on any atom is 0.115 e. The van der Waals surface area contributed by atoms with Gasteiger partial charge >= 0.3 is 0 Å². The number of hydrogen-bond donors (Lipinski definition) is 1. The quantitative estimate of drug-likeness (QED) is 0.861. The zero-order chi connectivity index (χ0) is 13.0. The first-order valence-electron chi connectivity index (χ1n) is 6.92. The lowest BCUT2D eigenvalue weighted by Crippen LogP contribution is -2.43. The minimum atomic E-state index is -0.132. The summed E-state index contributed by atoms with van der Waals surface area (Å²) >= 11 is 1.88. The number of aromatic nitrogens is 1. The molecule has 18 heavy (non-hydrogen) atoms. The van der Waals surface area contributed by atoms with Gasteiger partial charge in [-0.15, -0.1) is 11.3 Å². The molecular weight excluding hydrogens is 244 g/mol. The maximum absolute atomic E-state index is 5.39. The molecule has 1 N–H and O–H groups in total. The molecule has 0 amide bonds. The fourth-order valence-electron chi connectivity index (χ4n) is 2.47. The first-order chi connectivity index (χ1) is 8.69. The Morgan fingerprint density at radius 2 is 2.17 bits per heavy atom. The molecule has 0 spiro atoms. The summed E-state index contributed by atoms with van der Waals surface area (Å²) in [6.07, 6.45) is 6.11. The summed E-state index contributed by atoms with van der Waals surface area (Å²) in [5.41, 5.74) is 1.20. The molecule has 2 rings (SSSR count). The maximum atomic E-state index is 5.39. The van der Waals surface area contributed by atoms with E-state index in [0.717, 1.165) is 19.4 Å². The second-order valence-electron chi connectivity index (χ2n) is 5.29. The van der Waals surface area contributed by atoms with E-state index in [4.69, 9.17) is 9.72 Å². The number of nitrogens with one attached hydrogen (secondary N) is 1. The SMILES string of the molecule is CCCNC(C)(COC)c1nc2c(s1)CCCC2. The van der Waals surface area contributed by atoms with Crippen molar-refractivity contribution in [3.05, 3.63) is 15.6 Å². The van der Waals surface area contributed by atoms with Gasteiger partial charge < -0.3 is 10.1 Å². The molecule has 102 valence electrons. The molecule has 0 radical (unpaired) electrons. The van der Waals surface area contributed by atoms with Crippen molar-refractivity contribution < 1.29 is 4.74 Å². The molecule has 0 saturated heterocycles. The molecule has 1 aliphatic rings. The van der Waals surface area contributed by atoms with E-state index in [0.29, 0.717) is 6.61 Å². The largest absolute Gasteiger partial charge is 0.382 e. The van der Waals surface area contributed by atoms with Gasteiger partial charge in [0, 0.05) is 12.0 Å². The van der Waals surface area contributed by atoms with E-state index in [1.807, 2.05) is 11.3 Å². The highest BCUT2D eigenvalue weighted by Gasteiger charge is 2.31. The van der Waals surface area contributed by atoms with Gasteiger partial charge in [-0.1, -0.05) is 6.92 Å². The third kappa shape index (κ3) is 2.92. The number of ether oxygens (including phenoxy) is 1. The Hall–Kier alpha value is -0.450. The van der Waals surface area contributed by atoms with E-state index in [1.54, 1.807) is 7.11 Å². The molecule has 0 saturated carbocycles. The van der Waals surface area contributed by atoms with Gasteiger partial charge in [0.05, 0.1) is 17.8 Å². The topological polar surface area (TPSA) is 34.1 Å². The summed E-state index contributed by atoms with van der Waals surface area (Å²) in [5, 5.41) is 4.79. The zero-order valence-corrected chi connectivity index (χ0v) is 12.5. The molecular formula is C14H24N2OS. The zero-order valence-electron chi connectivity index (χ0n) is 11.7. The van der Waals surface area contributed by atoms with Crippen molar-refractivity contribution in [2.45, 2.75) is 51.5 Å². The third-order valence-electron chi connectivity index (χ3n) is 3.52. The molecule has 1 heterocycles. The standard InChI is InChI=1S/C14H24N2OS/c1-4-9-15-14(2,10-17-3)13-16-11-7-5-6-8-12(11)18-13/h15H,4-10H2,1-3H3. The van der Waals surface area contributed by atoms with Crippen molar-refractivity contribution in [2.24, 2.45) is 0 Å². The van der Waals surface area contributed by atoms with Crippen molar-refractivity contribution in [1.82, 2.24) is 10.3 Å². The van der Waals surface area contributed by atoms with Crippen LogP contribution in [0.3, 0.4) is 0 Å².